The first-order valence-corrected chi connectivity index (χ1v) is 5.96. The zero-order valence-corrected chi connectivity index (χ0v) is 9.97. The number of aromatic nitrogens is 2. The molecule has 0 aliphatic carbocycles. The monoisotopic (exact) mass is 224 g/mol. The molecule has 1 aliphatic rings. The minimum atomic E-state index is -0.360. The Morgan fingerprint density at radius 1 is 1.62 bits per heavy atom. The van der Waals surface area contributed by atoms with Crippen LogP contribution in [0.3, 0.4) is 0 Å². The van der Waals surface area contributed by atoms with Gasteiger partial charge in [-0.3, -0.25) is 0 Å². The molecule has 3 unspecified atom stereocenters. The lowest BCUT2D eigenvalue weighted by molar-refractivity contribution is -0.0314. The van der Waals surface area contributed by atoms with Gasteiger partial charge in [-0.2, -0.15) is 0 Å². The summed E-state index contributed by atoms with van der Waals surface area (Å²) in [6.07, 6.45) is 7.24. The maximum Gasteiger partial charge on any atom is 0.108 e. The fourth-order valence-corrected chi connectivity index (χ4v) is 2.22. The largest absolute Gasteiger partial charge is 0.390 e. The molecule has 90 valence electrons. The predicted octanol–water partition coefficient (Wildman–Crippen LogP) is 1.28. The standard InChI is InChI=1S/C12H20N2O2/c1-9-3-5-11(16-9)10(15)4-6-12-13-7-8-14(12)2/h7-11,15H,3-6H2,1-2H3. The molecular formula is C12H20N2O2. The molecule has 1 fully saturated rings. The molecule has 1 saturated heterocycles. The van der Waals surface area contributed by atoms with Crippen LogP contribution in [0.1, 0.15) is 32.0 Å². The third kappa shape index (κ3) is 2.62. The van der Waals surface area contributed by atoms with E-state index in [2.05, 4.69) is 11.9 Å². The number of rotatable bonds is 4. The molecule has 2 heterocycles. The van der Waals surface area contributed by atoms with Gasteiger partial charge < -0.3 is 14.4 Å². The van der Waals surface area contributed by atoms with Crippen LogP contribution in [0.2, 0.25) is 0 Å². The van der Waals surface area contributed by atoms with Gasteiger partial charge in [-0.15, -0.1) is 0 Å². The number of imidazole rings is 1. The second-order valence-electron chi connectivity index (χ2n) is 4.62. The molecule has 1 aromatic rings. The van der Waals surface area contributed by atoms with Gasteiger partial charge in [-0.05, 0) is 26.2 Å². The number of aliphatic hydroxyl groups is 1. The van der Waals surface area contributed by atoms with Crippen molar-refractivity contribution in [2.75, 3.05) is 0 Å². The molecule has 0 bridgehead atoms. The summed E-state index contributed by atoms with van der Waals surface area (Å²) in [7, 11) is 1.98. The number of hydrogen-bond acceptors (Lipinski definition) is 3. The number of aryl methyl sites for hydroxylation is 2. The second kappa shape index (κ2) is 4.97. The Balaban J connectivity index is 1.80. The lowest BCUT2D eigenvalue weighted by Gasteiger charge is -2.18. The van der Waals surface area contributed by atoms with Crippen molar-refractivity contribution in [3.8, 4) is 0 Å². The highest BCUT2D eigenvalue weighted by molar-refractivity contribution is 4.92. The lowest BCUT2D eigenvalue weighted by atomic mass is 10.1. The van der Waals surface area contributed by atoms with Crippen LogP contribution >= 0.6 is 0 Å². The molecule has 1 aromatic heterocycles. The maximum atomic E-state index is 9.99. The summed E-state index contributed by atoms with van der Waals surface area (Å²) < 4.78 is 7.64. The summed E-state index contributed by atoms with van der Waals surface area (Å²) in [6.45, 7) is 2.06. The Labute approximate surface area is 96.3 Å². The normalized spacial score (nSPS) is 27.2. The molecule has 2 rings (SSSR count). The number of hydrogen-bond donors (Lipinski definition) is 1. The molecule has 1 aliphatic heterocycles. The van der Waals surface area contributed by atoms with Gasteiger partial charge in [0.05, 0.1) is 18.3 Å². The maximum absolute atomic E-state index is 9.99. The third-order valence-corrected chi connectivity index (χ3v) is 3.28. The molecule has 0 saturated carbocycles. The smallest absolute Gasteiger partial charge is 0.108 e. The average Bonchev–Trinajstić information content (AvgIpc) is 2.84. The van der Waals surface area contributed by atoms with Gasteiger partial charge in [0.1, 0.15) is 5.82 Å². The molecule has 16 heavy (non-hydrogen) atoms. The number of nitrogens with zero attached hydrogens (tertiary/aromatic N) is 2. The lowest BCUT2D eigenvalue weighted by Crippen LogP contribution is -2.26. The third-order valence-electron chi connectivity index (χ3n) is 3.28. The van der Waals surface area contributed by atoms with Crippen molar-refractivity contribution in [2.24, 2.45) is 7.05 Å². The average molecular weight is 224 g/mol. The van der Waals surface area contributed by atoms with Gasteiger partial charge in [0.2, 0.25) is 0 Å². The zero-order valence-electron chi connectivity index (χ0n) is 9.97. The van der Waals surface area contributed by atoms with Crippen LogP contribution in [-0.4, -0.2) is 33.0 Å². The molecule has 4 heteroatoms. The van der Waals surface area contributed by atoms with E-state index in [0.717, 1.165) is 31.5 Å². The van der Waals surface area contributed by atoms with E-state index in [1.54, 1.807) is 6.20 Å². The minimum Gasteiger partial charge on any atom is -0.390 e. The van der Waals surface area contributed by atoms with Crippen LogP contribution in [0.4, 0.5) is 0 Å². The fraction of sp³-hybridized carbons (Fsp3) is 0.750. The van der Waals surface area contributed by atoms with Crippen molar-refractivity contribution < 1.29 is 9.84 Å². The van der Waals surface area contributed by atoms with Crippen LogP contribution in [-0.2, 0) is 18.2 Å². The van der Waals surface area contributed by atoms with Crippen molar-refractivity contribution in [1.82, 2.24) is 9.55 Å². The predicted molar refractivity (Wildman–Crippen MR) is 61.1 cm³/mol. The second-order valence-corrected chi connectivity index (χ2v) is 4.62. The first-order valence-electron chi connectivity index (χ1n) is 5.96. The van der Waals surface area contributed by atoms with E-state index in [4.69, 9.17) is 4.74 Å². The minimum absolute atomic E-state index is 0.0234. The van der Waals surface area contributed by atoms with E-state index in [1.165, 1.54) is 0 Å². The topological polar surface area (TPSA) is 47.3 Å². The highest BCUT2D eigenvalue weighted by atomic mass is 16.5. The van der Waals surface area contributed by atoms with Gasteiger partial charge in [0, 0.05) is 25.9 Å². The number of ether oxygens (including phenoxy) is 1. The quantitative estimate of drug-likeness (QED) is 0.838. The highest BCUT2D eigenvalue weighted by Crippen LogP contribution is 2.23. The van der Waals surface area contributed by atoms with Crippen molar-refractivity contribution in [3.05, 3.63) is 18.2 Å². The van der Waals surface area contributed by atoms with E-state index < -0.39 is 0 Å². The molecule has 4 nitrogen and oxygen atoms in total. The molecular weight excluding hydrogens is 204 g/mol. The van der Waals surface area contributed by atoms with Crippen LogP contribution in [0.15, 0.2) is 12.4 Å². The van der Waals surface area contributed by atoms with E-state index in [-0.39, 0.29) is 12.2 Å². The molecule has 3 atom stereocenters. The zero-order chi connectivity index (χ0) is 11.5. The van der Waals surface area contributed by atoms with Gasteiger partial charge >= 0.3 is 0 Å². The van der Waals surface area contributed by atoms with Crippen LogP contribution in [0.25, 0.3) is 0 Å². The summed E-state index contributed by atoms with van der Waals surface area (Å²) in [6, 6.07) is 0. The molecule has 0 radical (unpaired) electrons. The first-order chi connectivity index (χ1) is 7.66. The Hall–Kier alpha value is -0.870. The van der Waals surface area contributed by atoms with E-state index >= 15 is 0 Å². The van der Waals surface area contributed by atoms with Crippen molar-refractivity contribution in [3.63, 3.8) is 0 Å². The first kappa shape index (κ1) is 11.6. The fourth-order valence-electron chi connectivity index (χ4n) is 2.22. The molecule has 0 spiro atoms. The summed E-state index contributed by atoms with van der Waals surface area (Å²) in [5, 5.41) is 9.99. The van der Waals surface area contributed by atoms with Crippen molar-refractivity contribution >= 4 is 0 Å². The summed E-state index contributed by atoms with van der Waals surface area (Å²) in [5.41, 5.74) is 0. The van der Waals surface area contributed by atoms with Gasteiger partial charge in [-0.25, -0.2) is 4.98 Å². The Morgan fingerprint density at radius 3 is 3.00 bits per heavy atom. The Bertz CT molecular complexity index is 338. The Morgan fingerprint density at radius 2 is 2.44 bits per heavy atom. The van der Waals surface area contributed by atoms with Crippen LogP contribution in [0, 0.1) is 0 Å². The summed E-state index contributed by atoms with van der Waals surface area (Å²) >= 11 is 0. The van der Waals surface area contributed by atoms with E-state index in [0.29, 0.717) is 6.10 Å². The SMILES string of the molecule is CC1CCC(C(O)CCc2nccn2C)O1. The van der Waals surface area contributed by atoms with Crippen molar-refractivity contribution in [1.29, 1.82) is 0 Å². The van der Waals surface area contributed by atoms with E-state index in [9.17, 15) is 5.11 Å². The summed E-state index contributed by atoms with van der Waals surface area (Å²) in [4.78, 5) is 4.24. The molecule has 0 aromatic carbocycles. The van der Waals surface area contributed by atoms with Crippen molar-refractivity contribution in [2.45, 2.75) is 50.9 Å². The highest BCUT2D eigenvalue weighted by Gasteiger charge is 2.28. The molecule has 1 N–H and O–H groups in total. The van der Waals surface area contributed by atoms with Crippen LogP contribution < -0.4 is 0 Å². The van der Waals surface area contributed by atoms with Crippen LogP contribution in [0.5, 0.6) is 0 Å². The van der Waals surface area contributed by atoms with Gasteiger partial charge in [0.25, 0.3) is 0 Å². The van der Waals surface area contributed by atoms with E-state index in [1.807, 2.05) is 17.8 Å². The van der Waals surface area contributed by atoms with Gasteiger partial charge in [0.15, 0.2) is 0 Å². The van der Waals surface area contributed by atoms with Gasteiger partial charge in [-0.1, -0.05) is 0 Å². The Kier molecular flexibility index (Phi) is 3.61. The summed E-state index contributed by atoms with van der Waals surface area (Å²) in [5.74, 6) is 1.02. The number of aliphatic hydroxyl groups excluding tert-OH is 1. The molecule has 0 amide bonds.